The molecule has 4 aromatic rings. The number of amides is 1. The Kier molecular flexibility index (Phi) is 8.76. The highest BCUT2D eigenvalue weighted by atomic mass is 19.4. The van der Waals surface area contributed by atoms with E-state index in [1.807, 2.05) is 12.1 Å². The molecule has 11 nitrogen and oxygen atoms in total. The largest absolute Gasteiger partial charge is 0.497 e. The number of aromatic nitrogens is 3. The molecular formula is C29H27F3N6O5. The van der Waals surface area contributed by atoms with Gasteiger partial charge >= 0.3 is 6.18 Å². The summed E-state index contributed by atoms with van der Waals surface area (Å²) in [5.74, 6) is 1.09. The molecule has 1 fully saturated rings. The zero-order valence-electron chi connectivity index (χ0n) is 23.1. The van der Waals surface area contributed by atoms with Gasteiger partial charge in [-0.2, -0.15) is 18.2 Å². The summed E-state index contributed by atoms with van der Waals surface area (Å²) in [4.78, 5) is 28.4. The molecule has 0 radical (unpaired) electrons. The average molecular weight is 597 g/mol. The summed E-state index contributed by atoms with van der Waals surface area (Å²) in [5, 5.41) is 5.71. The number of ether oxygens (including phenoxy) is 4. The Morgan fingerprint density at radius 3 is 2.21 bits per heavy atom. The van der Waals surface area contributed by atoms with E-state index >= 15 is 0 Å². The van der Waals surface area contributed by atoms with Gasteiger partial charge in [-0.25, -0.2) is 9.97 Å². The summed E-state index contributed by atoms with van der Waals surface area (Å²) in [5.41, 5.74) is 0.0273. The van der Waals surface area contributed by atoms with Crippen LogP contribution in [0.3, 0.4) is 0 Å². The molecule has 0 spiro atoms. The summed E-state index contributed by atoms with van der Waals surface area (Å²) in [6, 6.07) is 12.4. The van der Waals surface area contributed by atoms with Crippen LogP contribution in [0.5, 0.6) is 23.1 Å². The molecule has 1 aliphatic heterocycles. The number of carbonyl (C=O) groups is 1. The van der Waals surface area contributed by atoms with Crippen molar-refractivity contribution in [3.05, 3.63) is 78.1 Å². The quantitative estimate of drug-likeness (QED) is 0.255. The molecule has 3 heterocycles. The lowest BCUT2D eigenvalue weighted by Crippen LogP contribution is -2.36. The Morgan fingerprint density at radius 1 is 0.907 bits per heavy atom. The summed E-state index contributed by atoms with van der Waals surface area (Å²) in [6.45, 7) is 2.74. The van der Waals surface area contributed by atoms with Crippen LogP contribution in [0.1, 0.15) is 15.9 Å². The van der Waals surface area contributed by atoms with E-state index in [1.54, 1.807) is 12.3 Å². The minimum atomic E-state index is -4.51. The van der Waals surface area contributed by atoms with Crippen LogP contribution in [0.2, 0.25) is 0 Å². The van der Waals surface area contributed by atoms with Gasteiger partial charge in [-0.1, -0.05) is 0 Å². The van der Waals surface area contributed by atoms with Crippen LogP contribution in [-0.4, -0.2) is 61.4 Å². The molecule has 0 bridgehead atoms. The van der Waals surface area contributed by atoms with Crippen molar-refractivity contribution in [2.75, 3.05) is 56.1 Å². The standard InChI is InChI=1S/C29H27F3N6O5/c1-40-22-13-18(14-23(15-22)41-2)26(39)36-24-17-34-28(35-20-5-8-25(33-16-20)38-9-11-42-12-10-38)37-27(24)43-21-6-3-19(4-7-21)29(30,31)32/h3-8,13-17H,9-12H2,1-2H3,(H,36,39)(H,34,35,37). The molecule has 5 rings (SSSR count). The minimum absolute atomic E-state index is 0.0627. The molecule has 0 unspecified atom stereocenters. The predicted molar refractivity (Wildman–Crippen MR) is 152 cm³/mol. The number of carbonyl (C=O) groups excluding carboxylic acids is 1. The molecule has 1 saturated heterocycles. The monoisotopic (exact) mass is 596 g/mol. The highest BCUT2D eigenvalue weighted by Gasteiger charge is 2.30. The van der Waals surface area contributed by atoms with Gasteiger partial charge in [0, 0.05) is 24.7 Å². The van der Waals surface area contributed by atoms with E-state index in [-0.39, 0.29) is 28.8 Å². The van der Waals surface area contributed by atoms with E-state index < -0.39 is 17.6 Å². The van der Waals surface area contributed by atoms with Crippen LogP contribution < -0.4 is 29.7 Å². The predicted octanol–water partition coefficient (Wildman–Crippen LogP) is 5.53. The number of hydrogen-bond acceptors (Lipinski definition) is 10. The van der Waals surface area contributed by atoms with Gasteiger partial charge in [0.25, 0.3) is 5.91 Å². The van der Waals surface area contributed by atoms with E-state index in [4.69, 9.17) is 18.9 Å². The molecule has 0 atom stereocenters. The number of halogens is 3. The van der Waals surface area contributed by atoms with Gasteiger partial charge in [-0.15, -0.1) is 0 Å². The van der Waals surface area contributed by atoms with Crippen molar-refractivity contribution in [3.63, 3.8) is 0 Å². The van der Waals surface area contributed by atoms with Crippen LogP contribution >= 0.6 is 0 Å². The summed E-state index contributed by atoms with van der Waals surface area (Å²) in [7, 11) is 2.91. The first-order valence-corrected chi connectivity index (χ1v) is 13.0. The molecule has 224 valence electrons. The zero-order chi connectivity index (χ0) is 30.4. The zero-order valence-corrected chi connectivity index (χ0v) is 23.1. The number of benzene rings is 2. The topological polar surface area (TPSA) is 120 Å². The number of anilines is 4. The van der Waals surface area contributed by atoms with Crippen molar-refractivity contribution in [2.45, 2.75) is 6.18 Å². The third-order valence-electron chi connectivity index (χ3n) is 6.35. The lowest BCUT2D eigenvalue weighted by Gasteiger charge is -2.27. The van der Waals surface area contributed by atoms with Gasteiger partial charge in [0.2, 0.25) is 11.8 Å². The number of nitrogens with one attached hydrogen (secondary N) is 2. The van der Waals surface area contributed by atoms with Crippen molar-refractivity contribution < 1.29 is 36.9 Å². The molecule has 1 aliphatic rings. The van der Waals surface area contributed by atoms with Crippen molar-refractivity contribution in [2.24, 2.45) is 0 Å². The van der Waals surface area contributed by atoms with Gasteiger partial charge in [0.15, 0.2) is 0 Å². The number of alkyl halides is 3. The second-order valence-corrected chi connectivity index (χ2v) is 9.22. The van der Waals surface area contributed by atoms with E-state index in [0.717, 1.165) is 43.2 Å². The number of methoxy groups -OCH3 is 2. The van der Waals surface area contributed by atoms with Gasteiger partial charge in [0.05, 0.1) is 51.1 Å². The molecule has 0 saturated carbocycles. The Bertz CT molecular complexity index is 1540. The fourth-order valence-corrected chi connectivity index (χ4v) is 4.12. The van der Waals surface area contributed by atoms with E-state index in [9.17, 15) is 18.0 Å². The molecule has 2 N–H and O–H groups in total. The molecular weight excluding hydrogens is 569 g/mol. The number of hydrogen-bond donors (Lipinski definition) is 2. The van der Waals surface area contributed by atoms with Gasteiger partial charge in [-0.3, -0.25) is 4.79 Å². The number of nitrogens with zero attached hydrogens (tertiary/aromatic N) is 4. The van der Waals surface area contributed by atoms with Crippen molar-refractivity contribution >= 4 is 29.0 Å². The molecule has 1 amide bonds. The third kappa shape index (κ3) is 7.40. The molecule has 2 aromatic carbocycles. The van der Waals surface area contributed by atoms with Crippen LogP contribution in [0, 0.1) is 0 Å². The molecule has 14 heteroatoms. The Morgan fingerprint density at radius 2 is 1.60 bits per heavy atom. The number of rotatable bonds is 9. The van der Waals surface area contributed by atoms with Crippen LogP contribution in [0.25, 0.3) is 0 Å². The average Bonchev–Trinajstić information content (AvgIpc) is 3.02. The van der Waals surface area contributed by atoms with Crippen LogP contribution in [0.15, 0.2) is 67.0 Å². The lowest BCUT2D eigenvalue weighted by molar-refractivity contribution is -0.137. The summed E-state index contributed by atoms with van der Waals surface area (Å²) < 4.78 is 60.9. The van der Waals surface area contributed by atoms with Crippen molar-refractivity contribution in [1.82, 2.24) is 15.0 Å². The maximum atomic E-state index is 13.2. The Labute approximate surface area is 244 Å². The third-order valence-corrected chi connectivity index (χ3v) is 6.35. The van der Waals surface area contributed by atoms with E-state index in [1.165, 1.54) is 32.5 Å². The van der Waals surface area contributed by atoms with Crippen molar-refractivity contribution in [1.29, 1.82) is 0 Å². The van der Waals surface area contributed by atoms with Crippen molar-refractivity contribution in [3.8, 4) is 23.1 Å². The van der Waals surface area contributed by atoms with Crippen LogP contribution in [0.4, 0.5) is 36.3 Å². The minimum Gasteiger partial charge on any atom is -0.497 e. The Balaban J connectivity index is 1.40. The summed E-state index contributed by atoms with van der Waals surface area (Å²) >= 11 is 0. The number of morpholine rings is 1. The SMILES string of the molecule is COc1cc(OC)cc(C(=O)Nc2cnc(Nc3ccc(N4CCOCC4)nc3)nc2Oc2ccc(C(F)(F)F)cc2)c1. The lowest BCUT2D eigenvalue weighted by atomic mass is 10.2. The second kappa shape index (κ2) is 12.8. The number of pyridine rings is 1. The molecule has 43 heavy (non-hydrogen) atoms. The van der Waals surface area contributed by atoms with Crippen LogP contribution in [-0.2, 0) is 10.9 Å². The fraction of sp³-hybridized carbons (Fsp3) is 0.241. The Hall–Kier alpha value is -5.11. The normalized spacial score (nSPS) is 13.3. The van der Waals surface area contributed by atoms with Gasteiger partial charge in [-0.05, 0) is 48.5 Å². The highest BCUT2D eigenvalue weighted by molar-refractivity contribution is 6.05. The van der Waals surface area contributed by atoms with Gasteiger partial charge < -0.3 is 34.5 Å². The van der Waals surface area contributed by atoms with Gasteiger partial charge in [0.1, 0.15) is 28.8 Å². The first-order valence-electron chi connectivity index (χ1n) is 13.0. The first-order chi connectivity index (χ1) is 20.7. The first kappa shape index (κ1) is 29.4. The smallest absolute Gasteiger partial charge is 0.416 e. The summed E-state index contributed by atoms with van der Waals surface area (Å²) in [6.07, 6.45) is -1.57. The highest BCUT2D eigenvalue weighted by Crippen LogP contribution is 2.34. The second-order valence-electron chi connectivity index (χ2n) is 9.22. The van der Waals surface area contributed by atoms with E-state index in [0.29, 0.717) is 30.4 Å². The molecule has 0 aliphatic carbocycles. The molecule has 2 aromatic heterocycles. The maximum Gasteiger partial charge on any atom is 0.416 e. The fourth-order valence-electron chi connectivity index (χ4n) is 4.12. The maximum absolute atomic E-state index is 13.2. The van der Waals surface area contributed by atoms with E-state index in [2.05, 4.69) is 30.5 Å².